The molecule has 14 heteroatoms. The van der Waals surface area contributed by atoms with E-state index in [1.807, 2.05) is 0 Å². The Hall–Kier alpha value is -2.66. The van der Waals surface area contributed by atoms with Gasteiger partial charge in [-0.15, -0.1) is 18.0 Å². The lowest BCUT2D eigenvalue weighted by atomic mass is 10.1. The monoisotopic (exact) mass is 688 g/mol. The first-order valence-corrected chi connectivity index (χ1v) is 12.5. The molecule has 2 heterocycles. The van der Waals surface area contributed by atoms with Crippen LogP contribution in [0.25, 0.3) is 0 Å². The summed E-state index contributed by atoms with van der Waals surface area (Å²) in [4.78, 5) is 42.6. The predicted octanol–water partition coefficient (Wildman–Crippen LogP) is 4.54. The number of aromatic nitrogens is 2. The van der Waals surface area contributed by atoms with Crippen LogP contribution in [0.5, 0.6) is 0 Å². The maximum Gasteiger partial charge on any atom is 0.425 e. The van der Waals surface area contributed by atoms with Crippen molar-refractivity contribution in [1.82, 2.24) is 20.2 Å². The fraction of sp³-hybridized carbons (Fsp3) is 0.190. The molecule has 2 N–H and O–H groups in total. The first-order valence-electron chi connectivity index (χ1n) is 9.69. The molecule has 1 atom stereocenters. The Bertz CT molecular complexity index is 1290. The zero-order valence-electron chi connectivity index (χ0n) is 17.9. The van der Waals surface area contributed by atoms with Gasteiger partial charge in [0.1, 0.15) is 22.7 Å². The van der Waals surface area contributed by atoms with E-state index in [0.29, 0.717) is 25.8 Å². The van der Waals surface area contributed by atoms with Crippen LogP contribution in [0.3, 0.4) is 0 Å². The SMILES string of the molecule is C#CCN(NC(=O)OC)C(=O)c1cc(Br)cc(Br)c1NC(=O)c1cc(Br)nn1C1=NC=CCC1Cl. The van der Waals surface area contributed by atoms with Crippen molar-refractivity contribution in [2.75, 3.05) is 19.0 Å². The molecule has 1 unspecified atom stereocenters. The number of ether oxygens (including phenoxy) is 1. The minimum absolute atomic E-state index is 0.0320. The van der Waals surface area contributed by atoms with E-state index in [-0.39, 0.29) is 23.5 Å². The molecule has 0 spiro atoms. The molecule has 0 saturated carbocycles. The van der Waals surface area contributed by atoms with Crippen molar-refractivity contribution in [1.29, 1.82) is 0 Å². The van der Waals surface area contributed by atoms with Gasteiger partial charge < -0.3 is 10.1 Å². The summed E-state index contributed by atoms with van der Waals surface area (Å²) in [5, 5.41) is 7.41. The predicted molar refractivity (Wildman–Crippen MR) is 141 cm³/mol. The Morgan fingerprint density at radius 1 is 1.31 bits per heavy atom. The van der Waals surface area contributed by atoms with Crippen LogP contribution < -0.4 is 10.7 Å². The third kappa shape index (κ3) is 6.32. The highest BCUT2D eigenvalue weighted by Gasteiger charge is 2.27. The second-order valence-electron chi connectivity index (χ2n) is 6.80. The van der Waals surface area contributed by atoms with E-state index in [1.54, 1.807) is 18.3 Å². The summed E-state index contributed by atoms with van der Waals surface area (Å²) < 4.78 is 7.19. The maximum absolute atomic E-state index is 13.3. The van der Waals surface area contributed by atoms with Gasteiger partial charge in [-0.1, -0.05) is 27.9 Å². The third-order valence-corrected chi connectivity index (χ3v) is 6.34. The van der Waals surface area contributed by atoms with Gasteiger partial charge in [0.25, 0.3) is 11.8 Å². The van der Waals surface area contributed by atoms with Gasteiger partial charge >= 0.3 is 6.09 Å². The Labute approximate surface area is 230 Å². The van der Waals surface area contributed by atoms with Crippen molar-refractivity contribution in [3.05, 3.63) is 55.3 Å². The first-order chi connectivity index (χ1) is 16.7. The molecule has 10 nitrogen and oxygen atoms in total. The van der Waals surface area contributed by atoms with E-state index in [2.05, 4.69) is 79.3 Å². The number of amides is 3. The number of nitrogens with zero attached hydrogens (tertiary/aromatic N) is 4. The standard InChI is InChI=1S/C21H16Br3ClN6O4/c1-3-7-30(29-21(34)35-2)20(33)12-8-11(22)9-13(23)17(12)27-19(32)15-10-16(24)28-31(15)18-14(25)5-4-6-26-18/h1,4,6,8-10,14H,5,7H2,2H3,(H,27,32)(H,29,34). The Balaban J connectivity index is 2.01. The number of benzene rings is 1. The largest absolute Gasteiger partial charge is 0.452 e. The lowest BCUT2D eigenvalue weighted by molar-refractivity contribution is 0.0663. The van der Waals surface area contributed by atoms with Gasteiger partial charge in [-0.25, -0.2) is 24.9 Å². The van der Waals surface area contributed by atoms with Crippen LogP contribution in [0.4, 0.5) is 10.5 Å². The first kappa shape index (κ1) is 26.9. The van der Waals surface area contributed by atoms with Gasteiger partial charge in [-0.2, -0.15) is 5.10 Å². The number of alkyl halides is 1. The van der Waals surface area contributed by atoms with Gasteiger partial charge in [-0.3, -0.25) is 9.59 Å². The number of aliphatic imine (C=N–C) groups is 1. The number of nitrogens with one attached hydrogen (secondary N) is 2. The fourth-order valence-electron chi connectivity index (χ4n) is 2.97. The Kier molecular flexibility index (Phi) is 9.12. The molecule has 0 fully saturated rings. The van der Waals surface area contributed by atoms with Crippen molar-refractivity contribution in [2.24, 2.45) is 4.99 Å². The molecule has 2 aromatic rings. The van der Waals surface area contributed by atoms with Crippen molar-refractivity contribution in [3.8, 4) is 12.3 Å². The summed E-state index contributed by atoms with van der Waals surface area (Å²) in [6.07, 6.45) is 8.38. The number of methoxy groups -OCH3 is 1. The summed E-state index contributed by atoms with van der Waals surface area (Å²) in [5.74, 6) is 1.38. The lowest BCUT2D eigenvalue weighted by Crippen LogP contribution is -2.46. The molecule has 0 saturated heterocycles. The molecule has 35 heavy (non-hydrogen) atoms. The van der Waals surface area contributed by atoms with Crippen LogP contribution in [0.15, 0.2) is 49.0 Å². The maximum atomic E-state index is 13.3. The van der Waals surface area contributed by atoms with Crippen molar-refractivity contribution < 1.29 is 19.1 Å². The highest BCUT2D eigenvalue weighted by molar-refractivity contribution is 9.11. The van der Waals surface area contributed by atoms with Crippen LogP contribution in [0.2, 0.25) is 0 Å². The number of terminal acetylenes is 1. The van der Waals surface area contributed by atoms with Crippen molar-refractivity contribution in [2.45, 2.75) is 11.8 Å². The highest BCUT2D eigenvalue weighted by atomic mass is 79.9. The van der Waals surface area contributed by atoms with Crippen LogP contribution in [-0.2, 0) is 4.74 Å². The van der Waals surface area contributed by atoms with Crippen LogP contribution in [0.1, 0.15) is 27.3 Å². The van der Waals surface area contributed by atoms with Gasteiger partial charge in [0, 0.05) is 21.2 Å². The van der Waals surface area contributed by atoms with E-state index >= 15 is 0 Å². The minimum atomic E-state index is -0.889. The molecule has 1 aliphatic heterocycles. The molecular formula is C21H16Br3ClN6O4. The number of hydrogen-bond acceptors (Lipinski definition) is 6. The summed E-state index contributed by atoms with van der Waals surface area (Å²) in [7, 11) is 1.15. The van der Waals surface area contributed by atoms with Gasteiger partial charge in [0.15, 0.2) is 0 Å². The third-order valence-electron chi connectivity index (χ3n) is 4.49. The number of allylic oxidation sites excluding steroid dienone is 1. The molecule has 1 aliphatic rings. The number of anilines is 1. The van der Waals surface area contributed by atoms with Crippen LogP contribution >= 0.6 is 59.4 Å². The van der Waals surface area contributed by atoms with Crippen molar-refractivity contribution >= 4 is 88.8 Å². The van der Waals surface area contributed by atoms with E-state index in [9.17, 15) is 14.4 Å². The summed E-state index contributed by atoms with van der Waals surface area (Å²) >= 11 is 16.4. The molecule has 182 valence electrons. The summed E-state index contributed by atoms with van der Waals surface area (Å²) in [5.41, 5.74) is 2.55. The number of rotatable bonds is 4. The second-order valence-corrected chi connectivity index (χ2v) is 9.91. The average molecular weight is 692 g/mol. The van der Waals surface area contributed by atoms with E-state index < -0.39 is 23.3 Å². The molecule has 1 aromatic heterocycles. The lowest BCUT2D eigenvalue weighted by Gasteiger charge is -2.22. The highest BCUT2D eigenvalue weighted by Crippen LogP contribution is 2.32. The van der Waals surface area contributed by atoms with Gasteiger partial charge in [-0.05, 0) is 50.4 Å². The fourth-order valence-corrected chi connectivity index (χ4v) is 4.92. The quantitative estimate of drug-likeness (QED) is 0.278. The van der Waals surface area contributed by atoms with E-state index in [1.165, 1.54) is 16.8 Å². The van der Waals surface area contributed by atoms with Crippen LogP contribution in [0, 0.1) is 12.3 Å². The average Bonchev–Trinajstić information content (AvgIpc) is 3.21. The zero-order chi connectivity index (χ0) is 25.7. The number of carbonyl (C=O) groups is 3. The number of halogens is 4. The molecule has 3 rings (SSSR count). The van der Waals surface area contributed by atoms with Crippen LogP contribution in [-0.4, -0.2) is 57.6 Å². The molecule has 3 amide bonds. The zero-order valence-corrected chi connectivity index (χ0v) is 23.4. The molecule has 0 radical (unpaired) electrons. The summed E-state index contributed by atoms with van der Waals surface area (Å²) in [6, 6.07) is 4.62. The van der Waals surface area contributed by atoms with Gasteiger partial charge in [0.05, 0.1) is 23.7 Å². The Morgan fingerprint density at radius 3 is 2.71 bits per heavy atom. The number of hydrazine groups is 1. The normalized spacial score (nSPS) is 14.5. The molecule has 1 aromatic carbocycles. The van der Waals surface area contributed by atoms with E-state index in [4.69, 9.17) is 18.0 Å². The topological polar surface area (TPSA) is 118 Å². The molecule has 0 aliphatic carbocycles. The second kappa shape index (κ2) is 11.9. The van der Waals surface area contributed by atoms with Crippen molar-refractivity contribution in [3.63, 3.8) is 0 Å². The summed E-state index contributed by atoms with van der Waals surface area (Å²) in [6.45, 7) is -0.254. The van der Waals surface area contributed by atoms with E-state index in [0.717, 1.165) is 12.1 Å². The molecule has 0 bridgehead atoms. The van der Waals surface area contributed by atoms with Gasteiger partial charge in [0.2, 0.25) is 0 Å². The minimum Gasteiger partial charge on any atom is -0.452 e. The number of hydrogen-bond donors (Lipinski definition) is 2. The number of carbonyl (C=O) groups excluding carboxylic acids is 3. The Morgan fingerprint density at radius 2 is 2.06 bits per heavy atom. The smallest absolute Gasteiger partial charge is 0.425 e. The molecular weight excluding hydrogens is 675 g/mol.